The number of aromatic nitrogens is 2. The van der Waals surface area contributed by atoms with Crippen LogP contribution in [0.4, 0.5) is 5.82 Å². The molecule has 1 saturated carbocycles. The lowest BCUT2D eigenvalue weighted by Gasteiger charge is -2.34. The molecular weight excluding hydrogens is 338 g/mol. The average Bonchev–Trinajstić information content (AvgIpc) is 3.22. The molecule has 1 aliphatic heterocycles. The average molecular weight is 365 g/mol. The van der Waals surface area contributed by atoms with Gasteiger partial charge >= 0.3 is 0 Å². The van der Waals surface area contributed by atoms with E-state index in [9.17, 15) is 4.79 Å². The van der Waals surface area contributed by atoms with Crippen molar-refractivity contribution in [1.29, 1.82) is 0 Å². The van der Waals surface area contributed by atoms with E-state index >= 15 is 0 Å². The van der Waals surface area contributed by atoms with E-state index in [1.807, 2.05) is 11.0 Å². The molecule has 1 saturated heterocycles. The van der Waals surface area contributed by atoms with Crippen molar-refractivity contribution < 1.29 is 4.79 Å². The maximum atomic E-state index is 12.8. The van der Waals surface area contributed by atoms with Crippen molar-refractivity contribution in [3.8, 4) is 0 Å². The number of benzene rings is 1. The largest absolute Gasteiger partial charge is 0.367 e. The molecule has 1 aromatic carbocycles. The van der Waals surface area contributed by atoms with Crippen LogP contribution in [0.1, 0.15) is 41.7 Å². The van der Waals surface area contributed by atoms with Gasteiger partial charge < -0.3 is 10.2 Å². The molecule has 0 radical (unpaired) electrons. The van der Waals surface area contributed by atoms with E-state index in [1.165, 1.54) is 37.6 Å². The van der Waals surface area contributed by atoms with Gasteiger partial charge in [-0.05, 0) is 18.4 Å². The molecule has 27 heavy (non-hydrogen) atoms. The fourth-order valence-corrected chi connectivity index (χ4v) is 3.95. The first-order chi connectivity index (χ1) is 13.3. The van der Waals surface area contributed by atoms with Crippen LogP contribution in [0.2, 0.25) is 0 Å². The number of piperazine rings is 1. The highest BCUT2D eigenvalue weighted by atomic mass is 16.2. The van der Waals surface area contributed by atoms with Crippen LogP contribution >= 0.6 is 0 Å². The van der Waals surface area contributed by atoms with E-state index in [4.69, 9.17) is 0 Å². The van der Waals surface area contributed by atoms with Crippen LogP contribution in [0.15, 0.2) is 42.7 Å². The van der Waals surface area contributed by atoms with Crippen molar-refractivity contribution in [2.75, 3.05) is 31.5 Å². The lowest BCUT2D eigenvalue weighted by molar-refractivity contribution is 0.0622. The second kappa shape index (κ2) is 8.48. The molecule has 6 nitrogen and oxygen atoms in total. The smallest absolute Gasteiger partial charge is 0.272 e. The number of carbonyl (C=O) groups is 1. The number of nitrogens with zero attached hydrogens (tertiary/aromatic N) is 4. The monoisotopic (exact) mass is 365 g/mol. The zero-order valence-electron chi connectivity index (χ0n) is 15.7. The Kier molecular flexibility index (Phi) is 5.63. The van der Waals surface area contributed by atoms with Crippen molar-refractivity contribution in [3.63, 3.8) is 0 Å². The molecule has 2 aromatic rings. The summed E-state index contributed by atoms with van der Waals surface area (Å²) in [5.41, 5.74) is 1.80. The Morgan fingerprint density at radius 3 is 2.52 bits per heavy atom. The minimum absolute atomic E-state index is 0.00577. The van der Waals surface area contributed by atoms with Gasteiger partial charge in [-0.15, -0.1) is 0 Å². The van der Waals surface area contributed by atoms with E-state index in [2.05, 4.69) is 44.5 Å². The van der Waals surface area contributed by atoms with Gasteiger partial charge in [0.1, 0.15) is 17.8 Å². The summed E-state index contributed by atoms with van der Waals surface area (Å²) in [4.78, 5) is 25.7. The summed E-state index contributed by atoms with van der Waals surface area (Å²) in [5.74, 6) is 0.772. The van der Waals surface area contributed by atoms with E-state index in [0.717, 1.165) is 38.5 Å². The third-order valence-corrected chi connectivity index (χ3v) is 5.50. The van der Waals surface area contributed by atoms with Crippen LogP contribution in [0.5, 0.6) is 0 Å². The van der Waals surface area contributed by atoms with Crippen molar-refractivity contribution in [2.24, 2.45) is 0 Å². The molecular formula is C21H27N5O. The Morgan fingerprint density at radius 2 is 1.78 bits per heavy atom. The number of hydrogen-bond acceptors (Lipinski definition) is 5. The van der Waals surface area contributed by atoms with Gasteiger partial charge in [0, 0.05) is 44.8 Å². The van der Waals surface area contributed by atoms with E-state index in [0.29, 0.717) is 11.7 Å². The number of rotatable bonds is 5. The molecule has 0 bridgehead atoms. The first-order valence-electron chi connectivity index (χ1n) is 9.92. The number of anilines is 1. The third-order valence-electron chi connectivity index (χ3n) is 5.50. The summed E-state index contributed by atoms with van der Waals surface area (Å²) < 4.78 is 0. The third kappa shape index (κ3) is 4.63. The topological polar surface area (TPSA) is 61.4 Å². The second-order valence-electron chi connectivity index (χ2n) is 7.47. The quantitative estimate of drug-likeness (QED) is 0.883. The first kappa shape index (κ1) is 17.9. The minimum atomic E-state index is 0.00577. The van der Waals surface area contributed by atoms with Crippen molar-refractivity contribution >= 4 is 11.7 Å². The Morgan fingerprint density at radius 1 is 1.04 bits per heavy atom. The first-order valence-corrected chi connectivity index (χ1v) is 9.92. The van der Waals surface area contributed by atoms with Crippen LogP contribution in [-0.4, -0.2) is 57.9 Å². The summed E-state index contributed by atoms with van der Waals surface area (Å²) >= 11 is 0. The van der Waals surface area contributed by atoms with Crippen LogP contribution < -0.4 is 5.32 Å². The number of nitrogens with one attached hydrogen (secondary N) is 1. The van der Waals surface area contributed by atoms with Crippen LogP contribution in [0, 0.1) is 0 Å². The molecule has 0 spiro atoms. The molecule has 0 unspecified atom stereocenters. The zero-order chi connectivity index (χ0) is 18.5. The maximum absolute atomic E-state index is 12.8. The van der Waals surface area contributed by atoms with E-state index in [1.54, 1.807) is 6.07 Å². The summed E-state index contributed by atoms with van der Waals surface area (Å²) in [6.07, 6.45) is 6.38. The van der Waals surface area contributed by atoms with E-state index < -0.39 is 0 Å². The van der Waals surface area contributed by atoms with Gasteiger partial charge in [-0.3, -0.25) is 9.69 Å². The number of hydrogen-bond donors (Lipinski definition) is 1. The molecule has 142 valence electrons. The van der Waals surface area contributed by atoms with Crippen molar-refractivity contribution in [1.82, 2.24) is 19.8 Å². The lowest BCUT2D eigenvalue weighted by Crippen LogP contribution is -2.48. The van der Waals surface area contributed by atoms with Crippen molar-refractivity contribution in [2.45, 2.75) is 38.3 Å². The molecule has 1 amide bonds. The standard InChI is InChI=1S/C21H27N5O/c27-21(19-14-20(23-16-22-19)24-18-8-4-5-9-18)26-12-10-25(11-13-26)15-17-6-2-1-3-7-17/h1-3,6-7,14,16,18H,4-5,8-13,15H2,(H,22,23,24). The molecule has 6 heteroatoms. The van der Waals surface area contributed by atoms with E-state index in [-0.39, 0.29) is 5.91 Å². The normalized spacial score (nSPS) is 18.6. The van der Waals surface area contributed by atoms with Crippen molar-refractivity contribution in [3.05, 3.63) is 54.0 Å². The highest BCUT2D eigenvalue weighted by molar-refractivity contribution is 5.93. The second-order valence-corrected chi connectivity index (χ2v) is 7.47. The van der Waals surface area contributed by atoms with Crippen LogP contribution in [0.25, 0.3) is 0 Å². The van der Waals surface area contributed by atoms with Gasteiger partial charge in [-0.2, -0.15) is 0 Å². The fraction of sp³-hybridized carbons (Fsp3) is 0.476. The lowest BCUT2D eigenvalue weighted by atomic mass is 10.2. The molecule has 1 N–H and O–H groups in total. The Labute approximate surface area is 160 Å². The van der Waals surface area contributed by atoms with Gasteiger partial charge in [0.25, 0.3) is 5.91 Å². The summed E-state index contributed by atoms with van der Waals surface area (Å²) in [7, 11) is 0. The Balaban J connectivity index is 1.32. The highest BCUT2D eigenvalue weighted by Gasteiger charge is 2.24. The van der Waals surface area contributed by atoms with Gasteiger partial charge in [-0.25, -0.2) is 9.97 Å². The predicted molar refractivity (Wildman–Crippen MR) is 106 cm³/mol. The van der Waals surface area contributed by atoms with Gasteiger partial charge in [-0.1, -0.05) is 43.2 Å². The maximum Gasteiger partial charge on any atom is 0.272 e. The Bertz CT molecular complexity index is 752. The molecule has 2 aliphatic rings. The SMILES string of the molecule is O=C(c1cc(NC2CCCC2)ncn1)N1CCN(Cc2ccccc2)CC1. The van der Waals surface area contributed by atoms with Gasteiger partial charge in [0.2, 0.25) is 0 Å². The molecule has 1 aromatic heterocycles. The highest BCUT2D eigenvalue weighted by Crippen LogP contribution is 2.21. The van der Waals surface area contributed by atoms with Crippen LogP contribution in [0.3, 0.4) is 0 Å². The Hall–Kier alpha value is -2.47. The summed E-state index contributed by atoms with van der Waals surface area (Å²) in [5, 5.41) is 3.44. The molecule has 2 fully saturated rings. The molecule has 1 aliphatic carbocycles. The fourth-order valence-electron chi connectivity index (χ4n) is 3.95. The van der Waals surface area contributed by atoms with Gasteiger partial charge in [0.15, 0.2) is 0 Å². The van der Waals surface area contributed by atoms with Gasteiger partial charge in [0.05, 0.1) is 0 Å². The number of amides is 1. The summed E-state index contributed by atoms with van der Waals surface area (Å²) in [6.45, 7) is 4.19. The summed E-state index contributed by atoms with van der Waals surface area (Å²) in [6, 6.07) is 12.8. The zero-order valence-corrected chi connectivity index (χ0v) is 15.7. The molecule has 2 heterocycles. The minimum Gasteiger partial charge on any atom is -0.367 e. The van der Waals surface area contributed by atoms with Crippen LogP contribution in [-0.2, 0) is 6.54 Å². The molecule has 4 rings (SSSR count). The molecule has 0 atom stereocenters. The predicted octanol–water partition coefficient (Wildman–Crippen LogP) is 2.79. The number of carbonyl (C=O) groups excluding carboxylic acids is 1.